The van der Waals surface area contributed by atoms with Gasteiger partial charge in [-0.25, -0.2) is 15.8 Å². The molecule has 1 heterocycles. The maximum atomic E-state index is 6.02. The molecule has 1 aromatic carbocycles. The lowest BCUT2D eigenvalue weighted by atomic mass is 10.2. The molecule has 0 aliphatic carbocycles. The van der Waals surface area contributed by atoms with Crippen molar-refractivity contribution >= 4 is 23.2 Å². The number of hydrogen-bond donors (Lipinski definition) is 2. The summed E-state index contributed by atoms with van der Waals surface area (Å²) in [6.45, 7) is 4.81. The molecule has 2 rings (SSSR count). The first-order chi connectivity index (χ1) is 9.99. The van der Waals surface area contributed by atoms with Gasteiger partial charge in [-0.05, 0) is 17.7 Å². The molecule has 0 unspecified atom stereocenters. The van der Waals surface area contributed by atoms with Crippen LogP contribution in [0.1, 0.15) is 31.2 Å². The fraction of sp³-hybridized carbons (Fsp3) is 0.333. The van der Waals surface area contributed by atoms with Crippen LogP contribution in [0.2, 0.25) is 5.02 Å². The van der Waals surface area contributed by atoms with E-state index in [1.165, 1.54) is 0 Å². The molecule has 0 aliphatic rings. The highest BCUT2D eigenvalue weighted by atomic mass is 35.5. The normalized spacial score (nSPS) is 10.8. The quantitative estimate of drug-likeness (QED) is 0.656. The van der Waals surface area contributed by atoms with E-state index in [0.717, 1.165) is 22.2 Å². The van der Waals surface area contributed by atoms with E-state index in [0.29, 0.717) is 12.4 Å². The van der Waals surface area contributed by atoms with Crippen LogP contribution >= 0.6 is 11.6 Å². The topological polar surface area (TPSA) is 67.1 Å². The lowest BCUT2D eigenvalue weighted by Crippen LogP contribution is -2.20. The van der Waals surface area contributed by atoms with Crippen LogP contribution in [0.5, 0.6) is 0 Å². The molecule has 112 valence electrons. The van der Waals surface area contributed by atoms with Gasteiger partial charge in [0.2, 0.25) is 0 Å². The Balaban J connectivity index is 2.25. The number of hydrazine groups is 1. The monoisotopic (exact) mass is 305 g/mol. The van der Waals surface area contributed by atoms with Crippen LogP contribution in [0.15, 0.2) is 30.3 Å². The van der Waals surface area contributed by atoms with Gasteiger partial charge in [-0.3, -0.25) is 0 Å². The van der Waals surface area contributed by atoms with Crippen molar-refractivity contribution in [1.29, 1.82) is 0 Å². The predicted octanol–water partition coefficient (Wildman–Crippen LogP) is 3.18. The summed E-state index contributed by atoms with van der Waals surface area (Å²) in [4.78, 5) is 11.0. The number of nitrogens with one attached hydrogen (secondary N) is 1. The SMILES string of the molecule is CC(C)c1nc(NN)cc(N(C)Cc2cccc(Cl)c2)n1. The Hall–Kier alpha value is -1.85. The van der Waals surface area contributed by atoms with Gasteiger partial charge in [0.05, 0.1) is 0 Å². The maximum Gasteiger partial charge on any atom is 0.145 e. The summed E-state index contributed by atoms with van der Waals surface area (Å²) in [7, 11) is 1.98. The Kier molecular flexibility index (Phi) is 4.98. The highest BCUT2D eigenvalue weighted by molar-refractivity contribution is 6.30. The summed E-state index contributed by atoms with van der Waals surface area (Å²) in [5, 5.41) is 0.732. The molecular weight excluding hydrogens is 286 g/mol. The second-order valence-electron chi connectivity index (χ2n) is 5.25. The van der Waals surface area contributed by atoms with E-state index in [1.807, 2.05) is 42.3 Å². The average molecular weight is 306 g/mol. The molecule has 0 saturated carbocycles. The van der Waals surface area contributed by atoms with E-state index in [9.17, 15) is 0 Å². The third kappa shape index (κ3) is 4.06. The van der Waals surface area contributed by atoms with Crippen LogP contribution in [0.25, 0.3) is 0 Å². The van der Waals surface area contributed by atoms with E-state index in [-0.39, 0.29) is 5.92 Å². The number of anilines is 2. The number of halogens is 1. The van der Waals surface area contributed by atoms with E-state index >= 15 is 0 Å². The molecule has 0 saturated heterocycles. The number of rotatable bonds is 5. The summed E-state index contributed by atoms with van der Waals surface area (Å²) in [5.41, 5.74) is 3.71. The van der Waals surface area contributed by atoms with Gasteiger partial charge in [0.1, 0.15) is 17.5 Å². The first-order valence-electron chi connectivity index (χ1n) is 6.80. The van der Waals surface area contributed by atoms with Crippen molar-refractivity contribution in [2.75, 3.05) is 17.4 Å². The molecule has 21 heavy (non-hydrogen) atoms. The molecule has 0 bridgehead atoms. The summed E-state index contributed by atoms with van der Waals surface area (Å²) in [6.07, 6.45) is 0. The molecule has 1 aromatic heterocycles. The van der Waals surface area contributed by atoms with Crippen molar-refractivity contribution < 1.29 is 0 Å². The lowest BCUT2D eigenvalue weighted by molar-refractivity contribution is 0.763. The molecule has 0 amide bonds. The fourth-order valence-corrected chi connectivity index (χ4v) is 2.18. The van der Waals surface area contributed by atoms with Gasteiger partial charge in [0, 0.05) is 30.6 Å². The molecule has 0 radical (unpaired) electrons. The van der Waals surface area contributed by atoms with Crippen LogP contribution in [0.3, 0.4) is 0 Å². The van der Waals surface area contributed by atoms with Gasteiger partial charge in [0.25, 0.3) is 0 Å². The van der Waals surface area contributed by atoms with E-state index in [1.54, 1.807) is 0 Å². The Morgan fingerprint density at radius 2 is 2.05 bits per heavy atom. The van der Waals surface area contributed by atoms with Crippen LogP contribution in [0.4, 0.5) is 11.6 Å². The molecule has 0 atom stereocenters. The lowest BCUT2D eigenvalue weighted by Gasteiger charge is -2.20. The minimum Gasteiger partial charge on any atom is -0.355 e. The Labute approximate surface area is 130 Å². The molecule has 6 heteroatoms. The highest BCUT2D eigenvalue weighted by Gasteiger charge is 2.11. The van der Waals surface area contributed by atoms with Gasteiger partial charge < -0.3 is 10.3 Å². The summed E-state index contributed by atoms with van der Waals surface area (Å²) < 4.78 is 0. The first-order valence-corrected chi connectivity index (χ1v) is 7.18. The van der Waals surface area contributed by atoms with E-state index in [4.69, 9.17) is 17.4 Å². The van der Waals surface area contributed by atoms with Gasteiger partial charge in [0.15, 0.2) is 0 Å². The van der Waals surface area contributed by atoms with Crippen LogP contribution < -0.4 is 16.2 Å². The largest absolute Gasteiger partial charge is 0.355 e. The maximum absolute atomic E-state index is 6.02. The highest BCUT2D eigenvalue weighted by Crippen LogP contribution is 2.21. The molecule has 3 N–H and O–H groups in total. The number of nitrogens with zero attached hydrogens (tertiary/aromatic N) is 3. The minimum atomic E-state index is 0.233. The second-order valence-corrected chi connectivity index (χ2v) is 5.69. The van der Waals surface area contributed by atoms with Crippen LogP contribution in [-0.2, 0) is 6.54 Å². The van der Waals surface area contributed by atoms with Gasteiger partial charge in [-0.2, -0.15) is 0 Å². The number of nitrogens with two attached hydrogens (primary N) is 1. The standard InChI is InChI=1S/C15H20ClN5/c1-10(2)15-18-13(20-17)8-14(19-15)21(3)9-11-5-4-6-12(16)7-11/h4-8,10H,9,17H2,1-3H3,(H,18,19,20). The molecule has 5 nitrogen and oxygen atoms in total. The molecular formula is C15H20ClN5. The summed E-state index contributed by atoms with van der Waals surface area (Å²) in [5.74, 6) is 7.91. The minimum absolute atomic E-state index is 0.233. The molecule has 0 fully saturated rings. The van der Waals surface area contributed by atoms with Crippen molar-refractivity contribution in [3.05, 3.63) is 46.7 Å². The third-order valence-electron chi connectivity index (χ3n) is 3.09. The summed E-state index contributed by atoms with van der Waals surface area (Å²) in [6, 6.07) is 9.62. The van der Waals surface area contributed by atoms with Crippen LogP contribution in [0, 0.1) is 0 Å². The molecule has 0 spiro atoms. The third-order valence-corrected chi connectivity index (χ3v) is 3.33. The Morgan fingerprint density at radius 3 is 2.67 bits per heavy atom. The Bertz CT molecular complexity index is 615. The molecule has 2 aromatic rings. The zero-order valence-electron chi connectivity index (χ0n) is 12.5. The van der Waals surface area contributed by atoms with Crippen LogP contribution in [-0.4, -0.2) is 17.0 Å². The number of nitrogen functional groups attached to an aromatic ring is 1. The van der Waals surface area contributed by atoms with E-state index < -0.39 is 0 Å². The Morgan fingerprint density at radius 1 is 1.29 bits per heavy atom. The number of benzene rings is 1. The van der Waals surface area contributed by atoms with Crippen molar-refractivity contribution in [1.82, 2.24) is 9.97 Å². The smallest absolute Gasteiger partial charge is 0.145 e. The zero-order valence-corrected chi connectivity index (χ0v) is 13.2. The van der Waals surface area contributed by atoms with Crippen molar-refractivity contribution in [2.24, 2.45) is 5.84 Å². The van der Waals surface area contributed by atoms with Gasteiger partial charge >= 0.3 is 0 Å². The zero-order chi connectivity index (χ0) is 15.4. The average Bonchev–Trinajstić information content (AvgIpc) is 2.46. The second kappa shape index (κ2) is 6.74. The molecule has 0 aliphatic heterocycles. The first kappa shape index (κ1) is 15.5. The van der Waals surface area contributed by atoms with Gasteiger partial charge in [-0.1, -0.05) is 37.6 Å². The van der Waals surface area contributed by atoms with Crippen molar-refractivity contribution in [3.8, 4) is 0 Å². The van der Waals surface area contributed by atoms with Gasteiger partial charge in [-0.15, -0.1) is 0 Å². The van der Waals surface area contributed by atoms with E-state index in [2.05, 4.69) is 29.2 Å². The predicted molar refractivity (Wildman–Crippen MR) is 87.5 cm³/mol. The van der Waals surface area contributed by atoms with Crippen molar-refractivity contribution in [3.63, 3.8) is 0 Å². The number of hydrogen-bond acceptors (Lipinski definition) is 5. The summed E-state index contributed by atoms with van der Waals surface area (Å²) >= 11 is 6.02. The van der Waals surface area contributed by atoms with Crippen molar-refractivity contribution in [2.45, 2.75) is 26.3 Å². The number of aromatic nitrogens is 2. The fourth-order valence-electron chi connectivity index (χ4n) is 1.97.